The van der Waals surface area contributed by atoms with Crippen molar-refractivity contribution >= 4 is 18.0 Å². The van der Waals surface area contributed by atoms with E-state index in [1.807, 2.05) is 31.3 Å². The van der Waals surface area contributed by atoms with Gasteiger partial charge in [0.2, 0.25) is 5.91 Å². The van der Waals surface area contributed by atoms with Crippen LogP contribution in [0.4, 0.5) is 4.79 Å². The molecular weight excluding hydrogens is 446 g/mol. The van der Waals surface area contributed by atoms with Crippen LogP contribution in [-0.4, -0.2) is 66.3 Å². The van der Waals surface area contributed by atoms with Crippen LogP contribution in [0.15, 0.2) is 48.5 Å². The van der Waals surface area contributed by atoms with Crippen molar-refractivity contribution in [3.05, 3.63) is 59.7 Å². The summed E-state index contributed by atoms with van der Waals surface area (Å²) in [5.74, 6) is -1.50. The van der Waals surface area contributed by atoms with Crippen LogP contribution in [0.1, 0.15) is 49.7 Å². The minimum absolute atomic E-state index is 0.00875. The molecule has 1 atom stereocenters. The molecule has 3 N–H and O–H groups in total. The Labute approximate surface area is 205 Å². The van der Waals surface area contributed by atoms with Gasteiger partial charge in [0.1, 0.15) is 12.6 Å². The number of hydrogen-bond donors (Lipinski definition) is 3. The van der Waals surface area contributed by atoms with Crippen molar-refractivity contribution in [3.8, 4) is 11.1 Å². The highest BCUT2D eigenvalue weighted by Crippen LogP contribution is 2.44. The van der Waals surface area contributed by atoms with Gasteiger partial charge in [-0.05, 0) is 48.6 Å². The first-order valence-corrected chi connectivity index (χ1v) is 12.2. The Morgan fingerprint density at radius 2 is 1.63 bits per heavy atom. The number of fused-ring (bicyclic) bond motifs is 3. The molecule has 8 nitrogen and oxygen atoms in total. The molecule has 2 aliphatic rings. The fraction of sp³-hybridized carbons (Fsp3) is 0.444. The SMILES string of the molecule is CC[C@H](NC(=O)CC1(NC(=O)OCC2c3ccccc3-c3ccccc32)CCN(C)CC1)C(=O)O. The first-order chi connectivity index (χ1) is 16.8. The Bertz CT molecular complexity index is 1050. The largest absolute Gasteiger partial charge is 0.480 e. The molecule has 1 saturated heterocycles. The van der Waals surface area contributed by atoms with Crippen LogP contribution < -0.4 is 10.6 Å². The van der Waals surface area contributed by atoms with Crippen LogP contribution in [0, 0.1) is 0 Å². The van der Waals surface area contributed by atoms with Crippen LogP contribution in [0.2, 0.25) is 0 Å². The third-order valence-electron chi connectivity index (χ3n) is 7.20. The van der Waals surface area contributed by atoms with Crippen LogP contribution in [0.25, 0.3) is 11.1 Å². The van der Waals surface area contributed by atoms with Gasteiger partial charge in [-0.15, -0.1) is 0 Å². The number of carbonyl (C=O) groups is 3. The van der Waals surface area contributed by atoms with E-state index in [1.165, 1.54) is 0 Å². The van der Waals surface area contributed by atoms with Crippen molar-refractivity contribution < 1.29 is 24.2 Å². The van der Waals surface area contributed by atoms with E-state index in [0.717, 1.165) is 22.3 Å². The second kappa shape index (κ2) is 10.5. The molecule has 4 rings (SSSR count). The zero-order valence-electron chi connectivity index (χ0n) is 20.3. The lowest BCUT2D eigenvalue weighted by molar-refractivity contribution is -0.142. The Morgan fingerprint density at radius 1 is 1.06 bits per heavy atom. The van der Waals surface area contributed by atoms with Gasteiger partial charge in [0.15, 0.2) is 0 Å². The Balaban J connectivity index is 1.43. The number of rotatable bonds is 8. The van der Waals surface area contributed by atoms with Crippen molar-refractivity contribution in [1.82, 2.24) is 15.5 Å². The molecular formula is C27H33N3O5. The summed E-state index contributed by atoms with van der Waals surface area (Å²) < 4.78 is 5.73. The van der Waals surface area contributed by atoms with Gasteiger partial charge in [-0.25, -0.2) is 9.59 Å². The molecule has 0 bridgehead atoms. The molecule has 2 aromatic rings. The Kier molecular flexibility index (Phi) is 7.40. The zero-order valence-corrected chi connectivity index (χ0v) is 20.3. The van der Waals surface area contributed by atoms with Gasteiger partial charge in [0.05, 0.1) is 5.54 Å². The van der Waals surface area contributed by atoms with E-state index in [2.05, 4.69) is 39.8 Å². The van der Waals surface area contributed by atoms with Gasteiger partial charge in [-0.2, -0.15) is 0 Å². The summed E-state index contributed by atoms with van der Waals surface area (Å²) in [7, 11) is 1.99. The zero-order chi connectivity index (χ0) is 25.0. The maximum absolute atomic E-state index is 13.0. The molecule has 0 aromatic heterocycles. The summed E-state index contributed by atoms with van der Waals surface area (Å²) in [5, 5.41) is 14.8. The van der Waals surface area contributed by atoms with Gasteiger partial charge < -0.3 is 25.4 Å². The highest BCUT2D eigenvalue weighted by Gasteiger charge is 2.39. The predicted octanol–water partition coefficient (Wildman–Crippen LogP) is 3.36. The van der Waals surface area contributed by atoms with E-state index in [1.54, 1.807) is 6.92 Å². The number of carboxylic acid groups (broad SMARTS) is 1. The molecule has 0 unspecified atom stereocenters. The van der Waals surface area contributed by atoms with E-state index >= 15 is 0 Å². The second-order valence-electron chi connectivity index (χ2n) is 9.58. The molecule has 1 fully saturated rings. The van der Waals surface area contributed by atoms with E-state index in [0.29, 0.717) is 25.9 Å². The van der Waals surface area contributed by atoms with Crippen molar-refractivity contribution in [2.24, 2.45) is 0 Å². The normalized spacial score (nSPS) is 17.7. The van der Waals surface area contributed by atoms with Gasteiger partial charge in [-0.3, -0.25) is 4.79 Å². The Hall–Kier alpha value is -3.39. The lowest BCUT2D eigenvalue weighted by Gasteiger charge is -2.40. The van der Waals surface area contributed by atoms with Crippen molar-refractivity contribution in [2.75, 3.05) is 26.7 Å². The standard InChI is InChI=1S/C27H33N3O5/c1-3-23(25(32)33)28-24(31)16-27(12-14-30(2)15-13-27)29-26(34)35-17-22-20-10-6-4-8-18(20)19-9-5-7-11-21(19)22/h4-11,22-23H,3,12-17H2,1-2H3,(H,28,31)(H,29,34)(H,32,33)/t23-/m0/s1. The molecule has 2 amide bonds. The average Bonchev–Trinajstić information content (AvgIpc) is 3.16. The van der Waals surface area contributed by atoms with Crippen LogP contribution in [0.5, 0.6) is 0 Å². The van der Waals surface area contributed by atoms with E-state index in [-0.39, 0.29) is 31.3 Å². The van der Waals surface area contributed by atoms with Gasteiger partial charge in [0.25, 0.3) is 0 Å². The monoisotopic (exact) mass is 479 g/mol. The molecule has 1 aliphatic heterocycles. The highest BCUT2D eigenvalue weighted by molar-refractivity contribution is 5.84. The quantitative estimate of drug-likeness (QED) is 0.536. The van der Waals surface area contributed by atoms with E-state index in [9.17, 15) is 19.5 Å². The number of nitrogens with zero attached hydrogens (tertiary/aromatic N) is 1. The first-order valence-electron chi connectivity index (χ1n) is 12.2. The molecule has 0 saturated carbocycles. The van der Waals surface area contributed by atoms with Crippen LogP contribution >= 0.6 is 0 Å². The number of alkyl carbamates (subject to hydrolysis) is 1. The van der Waals surface area contributed by atoms with Crippen LogP contribution in [0.3, 0.4) is 0 Å². The minimum Gasteiger partial charge on any atom is -0.480 e. The summed E-state index contributed by atoms with van der Waals surface area (Å²) in [5.41, 5.74) is 3.80. The molecule has 0 spiro atoms. The van der Waals surface area contributed by atoms with Crippen molar-refractivity contribution in [1.29, 1.82) is 0 Å². The fourth-order valence-electron chi connectivity index (χ4n) is 5.13. The van der Waals surface area contributed by atoms with Gasteiger partial charge in [0, 0.05) is 25.4 Å². The summed E-state index contributed by atoms with van der Waals surface area (Å²) in [4.78, 5) is 39.2. The number of nitrogens with one attached hydrogen (secondary N) is 2. The molecule has 35 heavy (non-hydrogen) atoms. The number of piperidine rings is 1. The highest BCUT2D eigenvalue weighted by atomic mass is 16.5. The molecule has 0 radical (unpaired) electrons. The number of carbonyl (C=O) groups excluding carboxylic acids is 2. The lowest BCUT2D eigenvalue weighted by Crippen LogP contribution is -2.57. The summed E-state index contributed by atoms with van der Waals surface area (Å²) >= 11 is 0. The minimum atomic E-state index is -1.07. The van der Waals surface area contributed by atoms with E-state index < -0.39 is 23.6 Å². The Morgan fingerprint density at radius 3 is 2.17 bits per heavy atom. The topological polar surface area (TPSA) is 108 Å². The summed E-state index contributed by atoms with van der Waals surface area (Å²) in [6.07, 6.45) is 0.885. The van der Waals surface area contributed by atoms with E-state index in [4.69, 9.17) is 4.74 Å². The maximum atomic E-state index is 13.0. The van der Waals surface area contributed by atoms with Crippen LogP contribution in [-0.2, 0) is 14.3 Å². The summed E-state index contributed by atoms with van der Waals surface area (Å²) in [6.45, 7) is 3.33. The number of hydrogen-bond acceptors (Lipinski definition) is 5. The molecule has 2 aromatic carbocycles. The van der Waals surface area contributed by atoms with Crippen molar-refractivity contribution in [2.45, 2.75) is 50.1 Å². The number of aliphatic carboxylic acids is 1. The smallest absolute Gasteiger partial charge is 0.407 e. The third kappa shape index (κ3) is 5.48. The van der Waals surface area contributed by atoms with Gasteiger partial charge in [-0.1, -0.05) is 55.5 Å². The number of ether oxygens (including phenoxy) is 1. The number of likely N-dealkylation sites (tertiary alicyclic amines) is 1. The number of benzene rings is 2. The predicted molar refractivity (Wildman–Crippen MR) is 132 cm³/mol. The molecule has 186 valence electrons. The first kappa shape index (κ1) is 24.7. The molecule has 8 heteroatoms. The number of carboxylic acids is 1. The fourth-order valence-corrected chi connectivity index (χ4v) is 5.13. The summed E-state index contributed by atoms with van der Waals surface area (Å²) in [6, 6.07) is 15.4. The number of amides is 2. The van der Waals surface area contributed by atoms with Gasteiger partial charge >= 0.3 is 12.1 Å². The average molecular weight is 480 g/mol. The molecule has 1 heterocycles. The molecule has 1 aliphatic carbocycles. The maximum Gasteiger partial charge on any atom is 0.407 e. The van der Waals surface area contributed by atoms with Crippen molar-refractivity contribution in [3.63, 3.8) is 0 Å². The second-order valence-corrected chi connectivity index (χ2v) is 9.58. The lowest BCUT2D eigenvalue weighted by atomic mass is 9.84. The third-order valence-corrected chi connectivity index (χ3v) is 7.20.